The second kappa shape index (κ2) is 5.28. The molecular weight excluding hydrogens is 244 g/mol. The summed E-state index contributed by atoms with van der Waals surface area (Å²) in [6, 6.07) is 0.369. The number of rotatable bonds is 2. The van der Waals surface area contributed by atoms with Crippen molar-refractivity contribution in [1.29, 1.82) is 0 Å². The third-order valence-corrected chi connectivity index (χ3v) is 4.22. The van der Waals surface area contributed by atoms with Gasteiger partial charge in [0, 0.05) is 25.9 Å². The summed E-state index contributed by atoms with van der Waals surface area (Å²) < 4.78 is 7.46. The van der Waals surface area contributed by atoms with Gasteiger partial charge in [-0.05, 0) is 25.2 Å². The molecule has 2 fully saturated rings. The first-order valence-electron chi connectivity index (χ1n) is 7.02. The fourth-order valence-electron chi connectivity index (χ4n) is 2.95. The zero-order valence-corrected chi connectivity index (χ0v) is 11.2. The summed E-state index contributed by atoms with van der Waals surface area (Å²) in [5, 5.41) is 7.87. The molecule has 6 heteroatoms. The van der Waals surface area contributed by atoms with Crippen LogP contribution in [0.15, 0.2) is 12.4 Å². The van der Waals surface area contributed by atoms with Crippen molar-refractivity contribution in [2.75, 3.05) is 19.7 Å². The van der Waals surface area contributed by atoms with E-state index in [9.17, 15) is 4.79 Å². The van der Waals surface area contributed by atoms with Crippen LogP contribution in [0.2, 0.25) is 0 Å². The number of piperidine rings is 1. The quantitative estimate of drug-likeness (QED) is 0.795. The van der Waals surface area contributed by atoms with Crippen LogP contribution in [0.3, 0.4) is 0 Å². The number of ether oxygens (including phenoxy) is 1. The Morgan fingerprint density at radius 3 is 2.68 bits per heavy atom. The molecule has 1 aromatic rings. The van der Waals surface area contributed by atoms with Crippen molar-refractivity contribution in [3.8, 4) is 0 Å². The number of hydrogen-bond acceptors (Lipinski definition) is 4. The number of carbonyl (C=O) groups is 1. The lowest BCUT2D eigenvalue weighted by atomic mass is 10.0. The second-order valence-corrected chi connectivity index (χ2v) is 5.50. The van der Waals surface area contributed by atoms with Crippen molar-refractivity contribution in [3.63, 3.8) is 0 Å². The summed E-state index contributed by atoms with van der Waals surface area (Å²) in [5.41, 5.74) is 0. The van der Waals surface area contributed by atoms with Gasteiger partial charge in [-0.25, -0.2) is 4.68 Å². The fraction of sp³-hybridized carbons (Fsp3) is 0.769. The average molecular weight is 264 g/mol. The monoisotopic (exact) mass is 264 g/mol. The van der Waals surface area contributed by atoms with Gasteiger partial charge >= 0.3 is 0 Å². The maximum Gasteiger partial charge on any atom is 0.251 e. The summed E-state index contributed by atoms with van der Waals surface area (Å²) in [5.74, 6) is 0.516. The predicted octanol–water partition coefficient (Wildman–Crippen LogP) is 0.867. The van der Waals surface area contributed by atoms with E-state index in [-0.39, 0.29) is 12.0 Å². The number of carbonyl (C=O) groups excluding carboxylic acids is 1. The molecule has 0 spiro atoms. The molecule has 1 amide bonds. The first-order chi connectivity index (χ1) is 9.25. The van der Waals surface area contributed by atoms with Gasteiger partial charge in [-0.1, -0.05) is 12.1 Å². The lowest BCUT2D eigenvalue weighted by molar-refractivity contribution is -0.143. The Morgan fingerprint density at radius 1 is 1.32 bits per heavy atom. The van der Waals surface area contributed by atoms with Gasteiger partial charge in [0.15, 0.2) is 0 Å². The van der Waals surface area contributed by atoms with E-state index in [2.05, 4.69) is 17.2 Å². The molecule has 3 rings (SSSR count). The van der Waals surface area contributed by atoms with Crippen molar-refractivity contribution in [2.45, 2.75) is 38.3 Å². The summed E-state index contributed by atoms with van der Waals surface area (Å²) in [4.78, 5) is 14.3. The highest BCUT2D eigenvalue weighted by Crippen LogP contribution is 2.26. The van der Waals surface area contributed by atoms with Crippen LogP contribution >= 0.6 is 0 Å². The number of aromatic nitrogens is 3. The SMILES string of the molecule is CC1CCOC1C(=O)N1CCC(n2ccnn2)CC1. The van der Waals surface area contributed by atoms with Crippen molar-refractivity contribution in [3.05, 3.63) is 12.4 Å². The number of hydrogen-bond donors (Lipinski definition) is 0. The van der Waals surface area contributed by atoms with Gasteiger partial charge in [-0.15, -0.1) is 5.10 Å². The van der Waals surface area contributed by atoms with Crippen LogP contribution in [0.1, 0.15) is 32.2 Å². The van der Waals surface area contributed by atoms with E-state index in [0.717, 1.165) is 32.4 Å². The van der Waals surface area contributed by atoms with Crippen molar-refractivity contribution in [2.24, 2.45) is 5.92 Å². The predicted molar refractivity (Wildman–Crippen MR) is 68.4 cm³/mol. The van der Waals surface area contributed by atoms with Gasteiger partial charge in [0.2, 0.25) is 0 Å². The average Bonchev–Trinajstić information content (AvgIpc) is 3.09. The van der Waals surface area contributed by atoms with Crippen LogP contribution < -0.4 is 0 Å². The standard InChI is InChI=1S/C13H20N4O2/c1-10-4-9-19-12(10)13(18)16-6-2-11(3-7-16)17-8-5-14-15-17/h5,8,10-12H,2-4,6-7,9H2,1H3. The lowest BCUT2D eigenvalue weighted by Crippen LogP contribution is -2.45. The van der Waals surface area contributed by atoms with Crippen LogP contribution in [0, 0.1) is 5.92 Å². The highest BCUT2D eigenvalue weighted by atomic mass is 16.5. The van der Waals surface area contributed by atoms with Gasteiger partial charge in [-0.2, -0.15) is 0 Å². The summed E-state index contributed by atoms with van der Waals surface area (Å²) in [6.07, 6.45) is 6.25. The molecule has 0 bridgehead atoms. The molecule has 6 nitrogen and oxygen atoms in total. The smallest absolute Gasteiger partial charge is 0.251 e. The lowest BCUT2D eigenvalue weighted by Gasteiger charge is -2.33. The zero-order chi connectivity index (χ0) is 13.2. The normalized spacial score (nSPS) is 28.8. The molecule has 0 aromatic carbocycles. The van der Waals surface area contributed by atoms with Gasteiger partial charge in [0.25, 0.3) is 5.91 Å². The van der Waals surface area contributed by atoms with Gasteiger partial charge in [-0.3, -0.25) is 4.79 Å². The maximum absolute atomic E-state index is 12.4. The van der Waals surface area contributed by atoms with E-state index in [1.165, 1.54) is 0 Å². The largest absolute Gasteiger partial charge is 0.368 e. The Morgan fingerprint density at radius 2 is 2.11 bits per heavy atom. The van der Waals surface area contributed by atoms with Crippen LogP contribution in [0.5, 0.6) is 0 Å². The Labute approximate surface area is 112 Å². The summed E-state index contributed by atoms with van der Waals surface area (Å²) in [6.45, 7) is 4.39. The number of likely N-dealkylation sites (tertiary alicyclic amines) is 1. The van der Waals surface area contributed by atoms with E-state index >= 15 is 0 Å². The molecule has 104 valence electrons. The highest BCUT2D eigenvalue weighted by Gasteiger charge is 2.35. The minimum atomic E-state index is -0.220. The second-order valence-electron chi connectivity index (χ2n) is 5.50. The Kier molecular flexibility index (Phi) is 3.50. The first kappa shape index (κ1) is 12.6. The molecular formula is C13H20N4O2. The van der Waals surface area contributed by atoms with Gasteiger partial charge < -0.3 is 9.64 Å². The van der Waals surface area contributed by atoms with Crippen molar-refractivity contribution in [1.82, 2.24) is 19.9 Å². The molecule has 1 aromatic heterocycles. The Bertz CT molecular complexity index is 426. The third kappa shape index (κ3) is 2.49. The van der Waals surface area contributed by atoms with Gasteiger partial charge in [0.05, 0.1) is 12.2 Å². The zero-order valence-electron chi connectivity index (χ0n) is 11.2. The molecule has 3 heterocycles. The minimum Gasteiger partial charge on any atom is -0.368 e. The number of amides is 1. The fourth-order valence-corrected chi connectivity index (χ4v) is 2.95. The summed E-state index contributed by atoms with van der Waals surface area (Å²) >= 11 is 0. The molecule has 2 aliphatic rings. The maximum atomic E-state index is 12.4. The Balaban J connectivity index is 1.56. The van der Waals surface area contributed by atoms with Crippen LogP contribution in [0.4, 0.5) is 0 Å². The molecule has 0 radical (unpaired) electrons. The highest BCUT2D eigenvalue weighted by molar-refractivity contribution is 5.81. The minimum absolute atomic E-state index is 0.169. The molecule has 19 heavy (non-hydrogen) atoms. The molecule has 0 aliphatic carbocycles. The van der Waals surface area contributed by atoms with E-state index in [4.69, 9.17) is 4.74 Å². The van der Waals surface area contributed by atoms with Crippen LogP contribution in [0.25, 0.3) is 0 Å². The molecule has 0 saturated carbocycles. The van der Waals surface area contributed by atoms with E-state index in [1.54, 1.807) is 6.20 Å². The molecule has 0 N–H and O–H groups in total. The third-order valence-electron chi connectivity index (χ3n) is 4.22. The van der Waals surface area contributed by atoms with Crippen LogP contribution in [-0.2, 0) is 9.53 Å². The molecule has 2 aliphatic heterocycles. The van der Waals surface area contributed by atoms with Crippen molar-refractivity contribution >= 4 is 5.91 Å². The van der Waals surface area contributed by atoms with E-state index in [0.29, 0.717) is 18.6 Å². The van der Waals surface area contributed by atoms with Gasteiger partial charge in [0.1, 0.15) is 6.10 Å². The first-order valence-corrected chi connectivity index (χ1v) is 7.02. The Hall–Kier alpha value is -1.43. The molecule has 2 unspecified atom stereocenters. The topological polar surface area (TPSA) is 60.2 Å². The number of nitrogens with zero attached hydrogens (tertiary/aromatic N) is 4. The van der Waals surface area contributed by atoms with Crippen LogP contribution in [-0.4, -0.2) is 51.6 Å². The van der Waals surface area contributed by atoms with E-state index in [1.807, 2.05) is 15.8 Å². The van der Waals surface area contributed by atoms with E-state index < -0.39 is 0 Å². The molecule has 2 saturated heterocycles. The van der Waals surface area contributed by atoms with Crippen molar-refractivity contribution < 1.29 is 9.53 Å². The molecule has 2 atom stereocenters. The summed E-state index contributed by atoms with van der Waals surface area (Å²) in [7, 11) is 0.